The number of hydrogen-bond acceptors (Lipinski definition) is 2. The lowest BCUT2D eigenvalue weighted by atomic mass is 10.1. The topological polar surface area (TPSA) is 57.8 Å². The van der Waals surface area contributed by atoms with E-state index in [-0.39, 0.29) is 11.9 Å². The van der Waals surface area contributed by atoms with Crippen molar-refractivity contribution in [1.82, 2.24) is 15.5 Å². The van der Waals surface area contributed by atoms with Gasteiger partial charge >= 0.3 is 0 Å². The van der Waals surface area contributed by atoms with E-state index in [1.165, 1.54) is 0 Å². The molecule has 94 valence electrons. The number of aryl methyl sites for hydroxylation is 2. The second kappa shape index (κ2) is 5.04. The molecule has 1 unspecified atom stereocenters. The summed E-state index contributed by atoms with van der Waals surface area (Å²) < 4.78 is 0. The third-order valence-corrected chi connectivity index (χ3v) is 3.00. The summed E-state index contributed by atoms with van der Waals surface area (Å²) in [5, 5.41) is 9.83. The molecule has 1 heterocycles. The Bertz CT molecular complexity index is 526. The molecule has 0 radical (unpaired) electrons. The van der Waals surface area contributed by atoms with Gasteiger partial charge in [0.2, 0.25) is 0 Å². The summed E-state index contributed by atoms with van der Waals surface area (Å²) >= 11 is 0. The molecule has 0 bridgehead atoms. The molecular weight excluding hydrogens is 226 g/mol. The molecule has 1 atom stereocenters. The molecule has 0 aliphatic rings. The van der Waals surface area contributed by atoms with Crippen LogP contribution in [0.25, 0.3) is 0 Å². The fourth-order valence-electron chi connectivity index (χ4n) is 1.98. The van der Waals surface area contributed by atoms with Crippen LogP contribution in [0.3, 0.4) is 0 Å². The minimum absolute atomic E-state index is 0.0209. The highest BCUT2D eigenvalue weighted by atomic mass is 16.1. The van der Waals surface area contributed by atoms with Gasteiger partial charge in [-0.05, 0) is 26.3 Å². The quantitative estimate of drug-likeness (QED) is 0.870. The molecule has 0 spiro atoms. The number of nitrogens with zero attached hydrogens (tertiary/aromatic N) is 1. The van der Waals surface area contributed by atoms with Gasteiger partial charge in [-0.15, -0.1) is 0 Å². The van der Waals surface area contributed by atoms with E-state index in [0.29, 0.717) is 5.56 Å². The van der Waals surface area contributed by atoms with Crippen molar-refractivity contribution in [2.24, 2.45) is 0 Å². The van der Waals surface area contributed by atoms with Crippen molar-refractivity contribution in [1.29, 1.82) is 0 Å². The second-order valence-corrected chi connectivity index (χ2v) is 4.41. The third kappa shape index (κ3) is 2.42. The zero-order valence-electron chi connectivity index (χ0n) is 10.8. The fraction of sp³-hybridized carbons (Fsp3) is 0.286. The van der Waals surface area contributed by atoms with Crippen LogP contribution in [0.1, 0.15) is 40.3 Å². The maximum absolute atomic E-state index is 12.2. The highest BCUT2D eigenvalue weighted by Gasteiger charge is 2.17. The van der Waals surface area contributed by atoms with Crippen molar-refractivity contribution in [2.75, 3.05) is 0 Å². The summed E-state index contributed by atoms with van der Waals surface area (Å²) in [4.78, 5) is 12.2. The van der Waals surface area contributed by atoms with Crippen molar-refractivity contribution < 1.29 is 4.79 Å². The Balaban J connectivity index is 2.13. The van der Waals surface area contributed by atoms with E-state index in [0.717, 1.165) is 17.0 Å². The van der Waals surface area contributed by atoms with Crippen LogP contribution in [0, 0.1) is 13.8 Å². The molecular formula is C14H17N3O. The maximum Gasteiger partial charge on any atom is 0.255 e. The minimum Gasteiger partial charge on any atom is -0.345 e. The van der Waals surface area contributed by atoms with E-state index < -0.39 is 0 Å². The van der Waals surface area contributed by atoms with E-state index in [1.54, 1.807) is 0 Å². The minimum atomic E-state index is -0.0879. The molecule has 0 aliphatic carbocycles. The molecule has 2 aromatic rings. The Morgan fingerprint density at radius 2 is 1.94 bits per heavy atom. The number of carbonyl (C=O) groups excluding carboxylic acids is 1. The number of benzene rings is 1. The summed E-state index contributed by atoms with van der Waals surface area (Å²) in [6.45, 7) is 5.64. The summed E-state index contributed by atoms with van der Waals surface area (Å²) in [5.41, 5.74) is 3.25. The predicted octanol–water partition coefficient (Wildman–Crippen LogP) is 2.52. The first kappa shape index (κ1) is 12.4. The molecule has 1 aromatic carbocycles. The molecule has 4 heteroatoms. The molecule has 2 N–H and O–H groups in total. The van der Waals surface area contributed by atoms with Crippen LogP contribution in [-0.4, -0.2) is 16.1 Å². The molecule has 0 saturated heterocycles. The van der Waals surface area contributed by atoms with Crippen molar-refractivity contribution >= 4 is 5.91 Å². The molecule has 0 aliphatic heterocycles. The summed E-state index contributed by atoms with van der Waals surface area (Å²) in [6.07, 6.45) is 0. The van der Waals surface area contributed by atoms with Crippen molar-refractivity contribution in [3.63, 3.8) is 0 Å². The number of aromatic nitrogens is 2. The van der Waals surface area contributed by atoms with Crippen LogP contribution in [0.15, 0.2) is 30.3 Å². The maximum atomic E-state index is 12.2. The van der Waals surface area contributed by atoms with Crippen LogP contribution in [0.4, 0.5) is 0 Å². The number of hydrogen-bond donors (Lipinski definition) is 2. The monoisotopic (exact) mass is 243 g/mol. The van der Waals surface area contributed by atoms with Crippen LogP contribution in [0.2, 0.25) is 0 Å². The molecule has 0 fully saturated rings. The standard InChI is InChI=1S/C14H17N3O/c1-9(12-7-5-4-6-8-12)15-14(18)13-10(2)16-17-11(13)3/h4-9H,1-3H3,(H,15,18)(H,16,17). The van der Waals surface area contributed by atoms with Crippen LogP contribution in [-0.2, 0) is 0 Å². The highest BCUT2D eigenvalue weighted by molar-refractivity contribution is 5.96. The molecule has 1 amide bonds. The summed E-state index contributed by atoms with van der Waals surface area (Å²) in [6, 6.07) is 9.87. The van der Waals surface area contributed by atoms with Gasteiger partial charge in [-0.2, -0.15) is 5.10 Å². The van der Waals surface area contributed by atoms with Gasteiger partial charge in [0.05, 0.1) is 17.3 Å². The van der Waals surface area contributed by atoms with Gasteiger partial charge in [0, 0.05) is 5.69 Å². The average molecular weight is 243 g/mol. The normalized spacial score (nSPS) is 12.2. The summed E-state index contributed by atoms with van der Waals surface area (Å²) in [7, 11) is 0. The predicted molar refractivity (Wildman–Crippen MR) is 70.4 cm³/mol. The van der Waals surface area contributed by atoms with E-state index in [4.69, 9.17) is 0 Å². The van der Waals surface area contributed by atoms with E-state index >= 15 is 0 Å². The first-order chi connectivity index (χ1) is 8.59. The third-order valence-electron chi connectivity index (χ3n) is 3.00. The van der Waals surface area contributed by atoms with Gasteiger partial charge in [-0.3, -0.25) is 9.89 Å². The number of H-pyrrole nitrogens is 1. The van der Waals surface area contributed by atoms with Gasteiger partial charge in [0.15, 0.2) is 0 Å². The number of carbonyl (C=O) groups is 1. The van der Waals surface area contributed by atoms with Gasteiger partial charge in [-0.25, -0.2) is 0 Å². The van der Waals surface area contributed by atoms with E-state index in [2.05, 4.69) is 15.5 Å². The lowest BCUT2D eigenvalue weighted by Gasteiger charge is -2.14. The zero-order valence-corrected chi connectivity index (χ0v) is 10.8. The first-order valence-corrected chi connectivity index (χ1v) is 5.97. The first-order valence-electron chi connectivity index (χ1n) is 5.97. The van der Waals surface area contributed by atoms with Crippen LogP contribution < -0.4 is 5.32 Å². The van der Waals surface area contributed by atoms with Crippen LogP contribution in [0.5, 0.6) is 0 Å². The molecule has 1 aromatic heterocycles. The highest BCUT2D eigenvalue weighted by Crippen LogP contribution is 2.14. The zero-order chi connectivity index (χ0) is 13.1. The molecule has 18 heavy (non-hydrogen) atoms. The molecule has 2 rings (SSSR count). The Labute approximate surface area is 106 Å². The number of aromatic amines is 1. The smallest absolute Gasteiger partial charge is 0.255 e. The van der Waals surface area contributed by atoms with Gasteiger partial charge in [0.25, 0.3) is 5.91 Å². The van der Waals surface area contributed by atoms with Crippen molar-refractivity contribution in [3.05, 3.63) is 52.8 Å². The van der Waals surface area contributed by atoms with E-state index in [1.807, 2.05) is 51.1 Å². The van der Waals surface area contributed by atoms with Crippen LogP contribution >= 0.6 is 0 Å². The van der Waals surface area contributed by atoms with Crippen molar-refractivity contribution in [3.8, 4) is 0 Å². The second-order valence-electron chi connectivity index (χ2n) is 4.41. The Morgan fingerprint density at radius 3 is 2.50 bits per heavy atom. The largest absolute Gasteiger partial charge is 0.345 e. The van der Waals surface area contributed by atoms with Crippen molar-refractivity contribution in [2.45, 2.75) is 26.8 Å². The Hall–Kier alpha value is -2.10. The number of rotatable bonds is 3. The SMILES string of the molecule is Cc1n[nH]c(C)c1C(=O)NC(C)c1ccccc1. The average Bonchev–Trinajstić information content (AvgIpc) is 2.70. The van der Waals surface area contributed by atoms with Gasteiger partial charge in [0.1, 0.15) is 0 Å². The lowest BCUT2D eigenvalue weighted by Crippen LogP contribution is -2.27. The number of amides is 1. The Morgan fingerprint density at radius 1 is 1.28 bits per heavy atom. The number of nitrogens with one attached hydrogen (secondary N) is 2. The lowest BCUT2D eigenvalue weighted by molar-refractivity contribution is 0.0938. The fourth-order valence-corrected chi connectivity index (χ4v) is 1.98. The molecule has 0 saturated carbocycles. The van der Waals surface area contributed by atoms with Gasteiger partial charge in [-0.1, -0.05) is 30.3 Å². The Kier molecular flexibility index (Phi) is 3.46. The summed E-state index contributed by atoms with van der Waals surface area (Å²) in [5.74, 6) is -0.0879. The van der Waals surface area contributed by atoms with Gasteiger partial charge < -0.3 is 5.32 Å². The molecule has 4 nitrogen and oxygen atoms in total. The van der Waals surface area contributed by atoms with E-state index in [9.17, 15) is 4.79 Å².